The second-order valence-corrected chi connectivity index (χ2v) is 3.34. The van der Waals surface area contributed by atoms with Gasteiger partial charge in [0.1, 0.15) is 5.78 Å². The third kappa shape index (κ3) is 0.368. The molecule has 1 heterocycles. The maximum absolute atomic E-state index is 11.0. The Morgan fingerprint density at radius 3 is 2.89 bits per heavy atom. The molecule has 9 heavy (non-hydrogen) atoms. The fourth-order valence-electron chi connectivity index (χ4n) is 2.36. The largest absolute Gasteiger partial charge is 0.368 e. The van der Waals surface area contributed by atoms with Crippen molar-refractivity contribution in [1.82, 2.24) is 0 Å². The van der Waals surface area contributed by atoms with Crippen molar-refractivity contribution in [3.8, 4) is 0 Å². The molecule has 0 N–H and O–H groups in total. The van der Waals surface area contributed by atoms with Crippen LogP contribution in [0.1, 0.15) is 12.8 Å². The maximum atomic E-state index is 11.0. The van der Waals surface area contributed by atoms with Gasteiger partial charge in [-0.05, 0) is 12.3 Å². The van der Waals surface area contributed by atoms with Gasteiger partial charge in [-0.25, -0.2) is 0 Å². The van der Waals surface area contributed by atoms with E-state index in [0.29, 0.717) is 29.8 Å². The van der Waals surface area contributed by atoms with Gasteiger partial charge in [0.05, 0.1) is 12.2 Å². The van der Waals surface area contributed by atoms with E-state index in [9.17, 15) is 4.79 Å². The van der Waals surface area contributed by atoms with Gasteiger partial charge in [0.2, 0.25) is 0 Å². The number of rotatable bonds is 0. The summed E-state index contributed by atoms with van der Waals surface area (Å²) in [5, 5.41) is 0. The van der Waals surface area contributed by atoms with Gasteiger partial charge >= 0.3 is 0 Å². The summed E-state index contributed by atoms with van der Waals surface area (Å²) in [7, 11) is 0. The minimum Gasteiger partial charge on any atom is -0.368 e. The third-order valence-corrected chi connectivity index (χ3v) is 2.86. The predicted molar refractivity (Wildman–Crippen MR) is 29.9 cm³/mol. The molecule has 0 aromatic carbocycles. The molecule has 0 aromatic rings. The number of ketones is 1. The van der Waals surface area contributed by atoms with Crippen LogP contribution in [0.3, 0.4) is 0 Å². The molecule has 2 aliphatic carbocycles. The first-order valence-electron chi connectivity index (χ1n) is 3.54. The Labute approximate surface area is 53.2 Å². The van der Waals surface area contributed by atoms with Crippen molar-refractivity contribution in [2.75, 3.05) is 0 Å². The van der Waals surface area contributed by atoms with Gasteiger partial charge in [0.15, 0.2) is 0 Å². The lowest BCUT2D eigenvalue weighted by atomic mass is 10.00. The fourth-order valence-corrected chi connectivity index (χ4v) is 2.36. The van der Waals surface area contributed by atoms with Crippen molar-refractivity contribution in [2.45, 2.75) is 25.0 Å². The predicted octanol–water partition coefficient (Wildman–Crippen LogP) is 0.363. The average Bonchev–Trinajstić information content (AvgIpc) is 2.46. The van der Waals surface area contributed by atoms with Crippen molar-refractivity contribution in [2.24, 2.45) is 11.8 Å². The highest BCUT2D eigenvalue weighted by atomic mass is 16.6. The van der Waals surface area contributed by atoms with E-state index < -0.39 is 0 Å². The molecule has 2 saturated carbocycles. The van der Waals surface area contributed by atoms with Crippen LogP contribution in [-0.2, 0) is 9.53 Å². The van der Waals surface area contributed by atoms with Gasteiger partial charge in [-0.2, -0.15) is 0 Å². The quantitative estimate of drug-likeness (QED) is 0.436. The number of Topliss-reactive ketones (excluding diaryl/α,β-unsaturated/α-hetero) is 1. The van der Waals surface area contributed by atoms with Crippen molar-refractivity contribution in [3.05, 3.63) is 0 Å². The van der Waals surface area contributed by atoms with Crippen LogP contribution in [0.15, 0.2) is 0 Å². The zero-order valence-electron chi connectivity index (χ0n) is 5.04. The SMILES string of the molecule is O=C1C[C@@H]2C[C@H]1C1OC12. The number of epoxide rings is 1. The van der Waals surface area contributed by atoms with Gasteiger partial charge in [0.25, 0.3) is 0 Å². The van der Waals surface area contributed by atoms with Crippen LogP contribution < -0.4 is 0 Å². The zero-order valence-corrected chi connectivity index (χ0v) is 5.04. The van der Waals surface area contributed by atoms with E-state index in [4.69, 9.17) is 4.74 Å². The van der Waals surface area contributed by atoms with E-state index >= 15 is 0 Å². The Balaban J connectivity index is 2.04. The molecule has 4 atom stereocenters. The Hall–Kier alpha value is -0.370. The highest BCUT2D eigenvalue weighted by Crippen LogP contribution is 2.54. The molecular weight excluding hydrogens is 116 g/mol. The molecule has 2 heteroatoms. The zero-order chi connectivity index (χ0) is 6.01. The summed E-state index contributed by atoms with van der Waals surface area (Å²) in [4.78, 5) is 11.0. The molecule has 0 amide bonds. The molecule has 2 nitrogen and oxygen atoms in total. The van der Waals surface area contributed by atoms with E-state index in [1.807, 2.05) is 0 Å². The standard InChI is InChI=1S/C7H8O2/c8-5-2-3-1-4(5)7-6(3)9-7/h3-4,6-7H,1-2H2/t3-,4+,6?,7?/m0/s1. The lowest BCUT2D eigenvalue weighted by molar-refractivity contribution is -0.121. The molecular formula is C7H8O2. The third-order valence-electron chi connectivity index (χ3n) is 2.86. The molecule has 1 aliphatic heterocycles. The summed E-state index contributed by atoms with van der Waals surface area (Å²) < 4.78 is 5.29. The smallest absolute Gasteiger partial charge is 0.139 e. The molecule has 0 aromatic heterocycles. The Bertz CT molecular complexity index is 187. The second kappa shape index (κ2) is 1.08. The topological polar surface area (TPSA) is 29.6 Å². The van der Waals surface area contributed by atoms with Gasteiger partial charge in [-0.3, -0.25) is 4.79 Å². The van der Waals surface area contributed by atoms with Crippen LogP contribution in [0.5, 0.6) is 0 Å². The van der Waals surface area contributed by atoms with Crippen molar-refractivity contribution < 1.29 is 9.53 Å². The molecule has 48 valence electrons. The Morgan fingerprint density at radius 2 is 2.33 bits per heavy atom. The molecule has 0 spiro atoms. The van der Waals surface area contributed by atoms with Gasteiger partial charge < -0.3 is 4.74 Å². The highest BCUT2D eigenvalue weighted by molar-refractivity contribution is 5.86. The maximum Gasteiger partial charge on any atom is 0.139 e. The molecule has 3 fully saturated rings. The molecule has 3 aliphatic rings. The molecule has 2 unspecified atom stereocenters. The molecule has 1 saturated heterocycles. The highest BCUT2D eigenvalue weighted by Gasteiger charge is 2.63. The summed E-state index contributed by atoms with van der Waals surface area (Å²) in [5.74, 6) is 1.39. The molecule has 3 rings (SSSR count). The van der Waals surface area contributed by atoms with Crippen LogP contribution in [0.4, 0.5) is 0 Å². The van der Waals surface area contributed by atoms with Crippen molar-refractivity contribution >= 4 is 5.78 Å². The van der Waals surface area contributed by atoms with Gasteiger partial charge in [-0.15, -0.1) is 0 Å². The normalized spacial score (nSPS) is 60.2. The Morgan fingerprint density at radius 1 is 1.44 bits per heavy atom. The second-order valence-electron chi connectivity index (χ2n) is 3.34. The van der Waals surface area contributed by atoms with Crippen LogP contribution in [0.25, 0.3) is 0 Å². The lowest BCUT2D eigenvalue weighted by Gasteiger charge is -1.99. The van der Waals surface area contributed by atoms with Crippen LogP contribution in [0, 0.1) is 11.8 Å². The summed E-state index contributed by atoms with van der Waals surface area (Å²) in [6, 6.07) is 0. The molecule has 0 radical (unpaired) electrons. The van der Waals surface area contributed by atoms with E-state index in [1.165, 1.54) is 0 Å². The number of carbonyl (C=O) groups excluding carboxylic acids is 1. The molecule has 2 bridgehead atoms. The fraction of sp³-hybridized carbons (Fsp3) is 0.857. The average molecular weight is 124 g/mol. The van der Waals surface area contributed by atoms with E-state index in [0.717, 1.165) is 12.8 Å². The summed E-state index contributed by atoms with van der Waals surface area (Å²) in [6.07, 6.45) is 2.82. The van der Waals surface area contributed by atoms with Crippen LogP contribution in [0.2, 0.25) is 0 Å². The number of ether oxygens (including phenoxy) is 1. The van der Waals surface area contributed by atoms with E-state index in [2.05, 4.69) is 0 Å². The van der Waals surface area contributed by atoms with Crippen molar-refractivity contribution in [3.63, 3.8) is 0 Å². The van der Waals surface area contributed by atoms with E-state index in [-0.39, 0.29) is 0 Å². The first-order valence-corrected chi connectivity index (χ1v) is 3.54. The number of fused-ring (bicyclic) bond motifs is 5. The van der Waals surface area contributed by atoms with E-state index in [1.54, 1.807) is 0 Å². The number of carbonyl (C=O) groups is 1. The first-order chi connectivity index (χ1) is 4.36. The van der Waals surface area contributed by atoms with Crippen LogP contribution >= 0.6 is 0 Å². The summed E-state index contributed by atoms with van der Waals surface area (Å²) in [5.41, 5.74) is 0. The summed E-state index contributed by atoms with van der Waals surface area (Å²) in [6.45, 7) is 0. The lowest BCUT2D eigenvalue weighted by Crippen LogP contribution is -2.16. The van der Waals surface area contributed by atoms with Crippen LogP contribution in [-0.4, -0.2) is 18.0 Å². The first kappa shape index (κ1) is 4.45. The van der Waals surface area contributed by atoms with Gasteiger partial charge in [0, 0.05) is 12.3 Å². The number of hydrogen-bond donors (Lipinski definition) is 0. The summed E-state index contributed by atoms with van der Waals surface area (Å²) >= 11 is 0. The monoisotopic (exact) mass is 124 g/mol. The minimum atomic E-state index is 0.319. The van der Waals surface area contributed by atoms with Gasteiger partial charge in [-0.1, -0.05) is 0 Å². The minimum absolute atomic E-state index is 0.319. The number of hydrogen-bond acceptors (Lipinski definition) is 2. The van der Waals surface area contributed by atoms with Crippen molar-refractivity contribution in [1.29, 1.82) is 0 Å². The Kier molecular flexibility index (Phi) is 0.533.